The Balaban J connectivity index is 2.71. The van der Waals surface area contributed by atoms with E-state index in [2.05, 4.69) is 46.9 Å². The molecule has 0 aliphatic carbocycles. The van der Waals surface area contributed by atoms with Gasteiger partial charge in [-0.15, -0.1) is 0 Å². The predicted octanol–water partition coefficient (Wildman–Crippen LogP) is 4.44. The first kappa shape index (κ1) is 14.9. The molecule has 2 rings (SSSR count). The zero-order valence-corrected chi connectivity index (χ0v) is 13.6. The van der Waals surface area contributed by atoms with Gasteiger partial charge >= 0.3 is 0 Å². The Morgan fingerprint density at radius 3 is 1.75 bits per heavy atom. The van der Waals surface area contributed by atoms with Crippen LogP contribution in [0.3, 0.4) is 0 Å². The molecule has 1 aromatic heterocycles. The van der Waals surface area contributed by atoms with E-state index in [-0.39, 0.29) is 6.04 Å². The predicted molar refractivity (Wildman–Crippen MR) is 84.5 cm³/mol. The summed E-state index contributed by atoms with van der Waals surface area (Å²) < 4.78 is 5.73. The fraction of sp³-hybridized carbons (Fsp3) is 0.444. The van der Waals surface area contributed by atoms with Gasteiger partial charge in [-0.2, -0.15) is 0 Å². The molecule has 1 unspecified atom stereocenters. The van der Waals surface area contributed by atoms with E-state index < -0.39 is 0 Å². The third-order valence-corrected chi connectivity index (χ3v) is 4.80. The molecule has 0 radical (unpaired) electrons. The van der Waals surface area contributed by atoms with E-state index in [0.717, 1.165) is 5.76 Å². The second kappa shape index (κ2) is 5.45. The van der Waals surface area contributed by atoms with E-state index in [9.17, 15) is 0 Å². The van der Waals surface area contributed by atoms with Crippen LogP contribution in [0.15, 0.2) is 16.7 Å². The summed E-state index contributed by atoms with van der Waals surface area (Å²) in [6, 6.07) is 2.14. The first-order valence-electron chi connectivity index (χ1n) is 7.18. The maximum absolute atomic E-state index is 5.73. The van der Waals surface area contributed by atoms with E-state index in [1.807, 2.05) is 13.1 Å². The molecule has 20 heavy (non-hydrogen) atoms. The number of hydrogen-bond donors (Lipinski definition) is 1. The van der Waals surface area contributed by atoms with Crippen LogP contribution in [0.1, 0.15) is 50.7 Å². The molecule has 0 aliphatic heterocycles. The smallest absolute Gasteiger partial charge is 0.128 e. The van der Waals surface area contributed by atoms with Gasteiger partial charge < -0.3 is 9.73 Å². The summed E-state index contributed by atoms with van der Waals surface area (Å²) in [6.45, 7) is 13.2. The van der Waals surface area contributed by atoms with Crippen LogP contribution in [-0.2, 0) is 0 Å². The minimum absolute atomic E-state index is 0.114. The lowest BCUT2D eigenvalue weighted by atomic mass is 9.85. The van der Waals surface area contributed by atoms with Gasteiger partial charge in [0.05, 0.1) is 12.3 Å². The normalized spacial score (nSPS) is 12.8. The molecule has 2 aromatic rings. The van der Waals surface area contributed by atoms with Gasteiger partial charge in [0.25, 0.3) is 0 Å². The van der Waals surface area contributed by atoms with Crippen molar-refractivity contribution in [3.63, 3.8) is 0 Å². The molecule has 0 saturated carbocycles. The van der Waals surface area contributed by atoms with Crippen LogP contribution in [0.4, 0.5) is 0 Å². The summed E-state index contributed by atoms with van der Waals surface area (Å²) in [5, 5.41) is 3.42. The lowest BCUT2D eigenvalue weighted by Gasteiger charge is -2.24. The van der Waals surface area contributed by atoms with Crippen molar-refractivity contribution in [2.45, 2.75) is 47.6 Å². The summed E-state index contributed by atoms with van der Waals surface area (Å²) in [5.41, 5.74) is 9.43. The Bertz CT molecular complexity index is 608. The molecule has 1 heterocycles. The van der Waals surface area contributed by atoms with Gasteiger partial charge in [-0.05, 0) is 93.6 Å². The molecule has 2 heteroatoms. The van der Waals surface area contributed by atoms with Crippen molar-refractivity contribution >= 4 is 0 Å². The molecule has 0 bridgehead atoms. The van der Waals surface area contributed by atoms with Gasteiger partial charge in [0.1, 0.15) is 5.76 Å². The second-order valence-corrected chi connectivity index (χ2v) is 5.73. The zero-order valence-electron chi connectivity index (χ0n) is 13.6. The van der Waals surface area contributed by atoms with Crippen molar-refractivity contribution in [1.82, 2.24) is 5.32 Å². The highest BCUT2D eigenvalue weighted by Crippen LogP contribution is 2.34. The molecule has 0 aliphatic rings. The molecule has 0 spiro atoms. The van der Waals surface area contributed by atoms with Crippen molar-refractivity contribution < 1.29 is 4.42 Å². The average Bonchev–Trinajstić information content (AvgIpc) is 2.85. The minimum Gasteiger partial charge on any atom is -0.467 e. The standard InChI is InChI=1S/C18H25NO/c1-10-8-9-20-18(10)17(19-7)16-14(5)12(3)11(2)13(4)15(16)6/h8-9,17,19H,1-7H3. The quantitative estimate of drug-likeness (QED) is 0.893. The van der Waals surface area contributed by atoms with Gasteiger partial charge in [-0.3, -0.25) is 0 Å². The SMILES string of the molecule is CNC(c1occc1C)c1c(C)c(C)c(C)c(C)c1C. The topological polar surface area (TPSA) is 25.2 Å². The van der Waals surface area contributed by atoms with Gasteiger partial charge in [0.2, 0.25) is 0 Å². The van der Waals surface area contributed by atoms with Crippen LogP contribution in [0.5, 0.6) is 0 Å². The molecule has 0 amide bonds. The van der Waals surface area contributed by atoms with Crippen molar-refractivity contribution in [2.24, 2.45) is 0 Å². The zero-order chi connectivity index (χ0) is 15.0. The van der Waals surface area contributed by atoms with Crippen molar-refractivity contribution in [3.05, 3.63) is 57.0 Å². The van der Waals surface area contributed by atoms with Crippen molar-refractivity contribution in [2.75, 3.05) is 7.05 Å². The lowest BCUT2D eigenvalue weighted by molar-refractivity contribution is 0.458. The maximum Gasteiger partial charge on any atom is 0.128 e. The number of nitrogens with one attached hydrogen (secondary N) is 1. The van der Waals surface area contributed by atoms with Gasteiger partial charge in [0.15, 0.2) is 0 Å². The largest absolute Gasteiger partial charge is 0.467 e. The summed E-state index contributed by atoms with van der Waals surface area (Å²) in [7, 11) is 2.00. The molecular formula is C18H25NO. The van der Waals surface area contributed by atoms with Gasteiger partial charge in [-0.25, -0.2) is 0 Å². The number of furan rings is 1. The molecular weight excluding hydrogens is 246 g/mol. The third-order valence-electron chi connectivity index (χ3n) is 4.80. The first-order valence-corrected chi connectivity index (χ1v) is 7.18. The third kappa shape index (κ3) is 2.18. The highest BCUT2D eigenvalue weighted by molar-refractivity contribution is 5.52. The Kier molecular flexibility index (Phi) is 4.05. The van der Waals surface area contributed by atoms with Crippen LogP contribution in [0.25, 0.3) is 0 Å². The van der Waals surface area contributed by atoms with Crippen molar-refractivity contribution in [1.29, 1.82) is 0 Å². The number of rotatable bonds is 3. The fourth-order valence-corrected chi connectivity index (χ4v) is 3.05. The number of hydrogen-bond acceptors (Lipinski definition) is 2. The maximum atomic E-state index is 5.73. The van der Waals surface area contributed by atoms with Crippen molar-refractivity contribution in [3.8, 4) is 0 Å². The van der Waals surface area contributed by atoms with Crippen LogP contribution in [-0.4, -0.2) is 7.05 Å². The van der Waals surface area contributed by atoms with Crippen LogP contribution < -0.4 is 5.32 Å². The Morgan fingerprint density at radius 2 is 1.35 bits per heavy atom. The number of aryl methyl sites for hydroxylation is 1. The molecule has 1 aromatic carbocycles. The van der Waals surface area contributed by atoms with E-state index in [0.29, 0.717) is 0 Å². The highest BCUT2D eigenvalue weighted by atomic mass is 16.3. The van der Waals surface area contributed by atoms with E-state index in [4.69, 9.17) is 4.42 Å². The summed E-state index contributed by atoms with van der Waals surface area (Å²) in [6.07, 6.45) is 1.77. The molecule has 2 nitrogen and oxygen atoms in total. The minimum atomic E-state index is 0.114. The first-order chi connectivity index (χ1) is 9.40. The fourth-order valence-electron chi connectivity index (χ4n) is 3.05. The van der Waals surface area contributed by atoms with Gasteiger partial charge in [-0.1, -0.05) is 0 Å². The Labute approximate surface area is 122 Å². The molecule has 0 fully saturated rings. The highest BCUT2D eigenvalue weighted by Gasteiger charge is 2.23. The van der Waals surface area contributed by atoms with E-state index in [1.54, 1.807) is 6.26 Å². The molecule has 1 atom stereocenters. The van der Waals surface area contributed by atoms with E-state index in [1.165, 1.54) is 38.9 Å². The van der Waals surface area contributed by atoms with Crippen LogP contribution in [0, 0.1) is 41.5 Å². The summed E-state index contributed by atoms with van der Waals surface area (Å²) in [5.74, 6) is 1.02. The monoisotopic (exact) mass is 271 g/mol. The molecule has 0 saturated heterocycles. The molecule has 1 N–H and O–H groups in total. The summed E-state index contributed by atoms with van der Waals surface area (Å²) >= 11 is 0. The number of benzene rings is 1. The van der Waals surface area contributed by atoms with Crippen LogP contribution >= 0.6 is 0 Å². The summed E-state index contributed by atoms with van der Waals surface area (Å²) in [4.78, 5) is 0. The lowest BCUT2D eigenvalue weighted by Crippen LogP contribution is -2.21. The van der Waals surface area contributed by atoms with E-state index >= 15 is 0 Å². The van der Waals surface area contributed by atoms with Crippen LogP contribution in [0.2, 0.25) is 0 Å². The second-order valence-electron chi connectivity index (χ2n) is 5.73. The molecule has 108 valence electrons. The average molecular weight is 271 g/mol. The Hall–Kier alpha value is -1.54. The van der Waals surface area contributed by atoms with Gasteiger partial charge in [0, 0.05) is 0 Å². The Morgan fingerprint density at radius 1 is 0.850 bits per heavy atom.